The number of carbonyl (C=O) groups is 1. The van der Waals surface area contributed by atoms with E-state index in [2.05, 4.69) is 15.3 Å². The Morgan fingerprint density at radius 3 is 2.70 bits per heavy atom. The van der Waals surface area contributed by atoms with E-state index in [0.29, 0.717) is 39.1 Å². The molecule has 1 N–H and O–H groups in total. The minimum atomic E-state index is -0.909. The molecule has 0 fully saturated rings. The fraction of sp³-hybridized carbons (Fsp3) is 0.160. The van der Waals surface area contributed by atoms with E-state index >= 15 is 0 Å². The van der Waals surface area contributed by atoms with E-state index in [-0.39, 0.29) is 11.6 Å². The number of amidine groups is 1. The van der Waals surface area contributed by atoms with Crippen LogP contribution in [0.4, 0.5) is 8.78 Å². The standard InChI is InChI=1S/C25H20ClF2N3OS/c1-25(11-12-33-24(31-25)30-23(32)17-5-3-2-4-6-17)19-13-16(7-9-20(19)27)14-21(28)22-10-8-18(26)15-29-22/h2-10,13-15H,11-12H2,1H3,(H,30,31,32). The molecule has 1 aliphatic rings. The molecule has 4 nitrogen and oxygen atoms in total. The first-order chi connectivity index (χ1) is 15.8. The SMILES string of the molecule is CC1(c2cc(C=C(F)c3ccc(Cl)cn3)ccc2F)CCSC(NC(=O)c2ccccc2)=N1. The van der Waals surface area contributed by atoms with Crippen LogP contribution in [0, 0.1) is 5.82 Å². The number of hydrogen-bond acceptors (Lipinski definition) is 4. The van der Waals surface area contributed by atoms with Gasteiger partial charge in [0.25, 0.3) is 5.91 Å². The zero-order chi connectivity index (χ0) is 23.4. The summed E-state index contributed by atoms with van der Waals surface area (Å²) in [6.45, 7) is 1.81. The summed E-state index contributed by atoms with van der Waals surface area (Å²) in [5, 5.41) is 3.65. The summed E-state index contributed by atoms with van der Waals surface area (Å²) >= 11 is 7.21. The molecule has 1 aromatic heterocycles. The lowest BCUT2D eigenvalue weighted by atomic mass is 9.88. The summed E-state index contributed by atoms with van der Waals surface area (Å²) in [6.07, 6.45) is 3.22. The van der Waals surface area contributed by atoms with Crippen molar-refractivity contribution in [3.8, 4) is 0 Å². The smallest absolute Gasteiger partial charge is 0.257 e. The lowest BCUT2D eigenvalue weighted by Gasteiger charge is -2.31. The molecule has 33 heavy (non-hydrogen) atoms. The number of aromatic nitrogens is 1. The molecule has 1 unspecified atom stereocenters. The van der Waals surface area contributed by atoms with Crippen molar-refractivity contribution in [1.29, 1.82) is 0 Å². The van der Waals surface area contributed by atoms with Crippen molar-refractivity contribution in [2.45, 2.75) is 18.9 Å². The topological polar surface area (TPSA) is 54.4 Å². The van der Waals surface area contributed by atoms with Gasteiger partial charge in [-0.3, -0.25) is 14.8 Å². The lowest BCUT2D eigenvalue weighted by molar-refractivity contribution is 0.0977. The molecule has 0 saturated carbocycles. The van der Waals surface area contributed by atoms with Crippen molar-refractivity contribution >= 4 is 46.3 Å². The highest BCUT2D eigenvalue weighted by Crippen LogP contribution is 2.37. The molecule has 4 rings (SSSR count). The van der Waals surface area contributed by atoms with Gasteiger partial charge in [0.05, 0.1) is 16.3 Å². The monoisotopic (exact) mass is 483 g/mol. The molecule has 1 aliphatic heterocycles. The van der Waals surface area contributed by atoms with Crippen LogP contribution in [-0.2, 0) is 5.54 Å². The second-order valence-corrected chi connectivity index (χ2v) is 9.22. The number of pyridine rings is 1. The third-order valence-corrected chi connectivity index (χ3v) is 6.37. The Morgan fingerprint density at radius 2 is 1.97 bits per heavy atom. The van der Waals surface area contributed by atoms with Crippen LogP contribution in [0.5, 0.6) is 0 Å². The Labute approximate surface area is 199 Å². The first kappa shape index (κ1) is 23.1. The summed E-state index contributed by atoms with van der Waals surface area (Å²) in [4.78, 5) is 21.1. The average molecular weight is 484 g/mol. The van der Waals surface area contributed by atoms with Crippen LogP contribution in [0.2, 0.25) is 5.02 Å². The second-order valence-electron chi connectivity index (χ2n) is 7.70. The van der Waals surface area contributed by atoms with Gasteiger partial charge in [0.15, 0.2) is 5.17 Å². The molecule has 8 heteroatoms. The van der Waals surface area contributed by atoms with E-state index in [1.54, 1.807) is 36.4 Å². The first-order valence-corrected chi connectivity index (χ1v) is 11.6. The average Bonchev–Trinajstić information content (AvgIpc) is 2.81. The van der Waals surface area contributed by atoms with Crippen LogP contribution >= 0.6 is 23.4 Å². The van der Waals surface area contributed by atoms with Crippen molar-refractivity contribution in [3.05, 3.63) is 100 Å². The van der Waals surface area contributed by atoms with E-state index in [1.165, 1.54) is 42.2 Å². The molecule has 2 aromatic carbocycles. The van der Waals surface area contributed by atoms with E-state index < -0.39 is 17.2 Å². The molecule has 3 aromatic rings. The molecule has 1 atom stereocenters. The highest BCUT2D eigenvalue weighted by atomic mass is 35.5. The van der Waals surface area contributed by atoms with Crippen LogP contribution in [-0.4, -0.2) is 21.8 Å². The molecule has 0 aliphatic carbocycles. The van der Waals surface area contributed by atoms with Gasteiger partial charge in [0.2, 0.25) is 0 Å². The van der Waals surface area contributed by atoms with Gasteiger partial charge < -0.3 is 5.32 Å². The molecule has 1 amide bonds. The minimum absolute atomic E-state index is 0.134. The normalized spacial score (nSPS) is 18.5. The predicted octanol–water partition coefficient (Wildman–Crippen LogP) is 6.48. The van der Waals surface area contributed by atoms with E-state index in [9.17, 15) is 13.6 Å². The number of carbonyl (C=O) groups excluding carboxylic acids is 1. The quantitative estimate of drug-likeness (QED) is 0.462. The van der Waals surface area contributed by atoms with Crippen LogP contribution in [0.25, 0.3) is 11.9 Å². The van der Waals surface area contributed by atoms with Crippen LogP contribution in [0.3, 0.4) is 0 Å². The van der Waals surface area contributed by atoms with Crippen LogP contribution < -0.4 is 5.32 Å². The van der Waals surface area contributed by atoms with Gasteiger partial charge >= 0.3 is 0 Å². The third kappa shape index (κ3) is 5.49. The number of hydrogen-bond donors (Lipinski definition) is 1. The number of nitrogens with one attached hydrogen (secondary N) is 1. The van der Waals surface area contributed by atoms with Crippen molar-refractivity contribution in [2.24, 2.45) is 4.99 Å². The summed E-state index contributed by atoms with van der Waals surface area (Å²) < 4.78 is 29.5. The van der Waals surface area contributed by atoms with Gasteiger partial charge in [-0.25, -0.2) is 8.78 Å². The minimum Gasteiger partial charge on any atom is -0.301 e. The van der Waals surface area contributed by atoms with Gasteiger partial charge in [-0.2, -0.15) is 0 Å². The zero-order valence-corrected chi connectivity index (χ0v) is 19.3. The maximum atomic E-state index is 14.9. The predicted molar refractivity (Wildman–Crippen MR) is 130 cm³/mol. The Balaban J connectivity index is 1.62. The molecule has 0 radical (unpaired) electrons. The van der Waals surface area contributed by atoms with E-state index in [1.807, 2.05) is 13.0 Å². The highest BCUT2D eigenvalue weighted by molar-refractivity contribution is 8.13. The molecule has 2 heterocycles. The second kappa shape index (κ2) is 9.85. The highest BCUT2D eigenvalue weighted by Gasteiger charge is 2.33. The summed E-state index contributed by atoms with van der Waals surface area (Å²) in [6, 6.07) is 16.2. The van der Waals surface area contributed by atoms with Gasteiger partial charge in [-0.1, -0.05) is 47.6 Å². The van der Waals surface area contributed by atoms with Gasteiger partial charge in [0, 0.05) is 23.1 Å². The Kier molecular flexibility index (Phi) is 6.91. The zero-order valence-electron chi connectivity index (χ0n) is 17.7. The molecular weight excluding hydrogens is 464 g/mol. The Bertz CT molecular complexity index is 1230. The maximum absolute atomic E-state index is 14.9. The lowest BCUT2D eigenvalue weighted by Crippen LogP contribution is -2.35. The number of amides is 1. The number of halogens is 3. The summed E-state index contributed by atoms with van der Waals surface area (Å²) in [5.74, 6) is -0.634. The molecule has 0 spiro atoms. The number of aliphatic imine (C=N–C) groups is 1. The fourth-order valence-electron chi connectivity index (χ4n) is 3.46. The molecule has 0 saturated heterocycles. The van der Waals surface area contributed by atoms with Crippen molar-refractivity contribution in [1.82, 2.24) is 10.3 Å². The van der Waals surface area contributed by atoms with E-state index in [4.69, 9.17) is 11.6 Å². The maximum Gasteiger partial charge on any atom is 0.257 e. The van der Waals surface area contributed by atoms with Crippen LogP contribution in [0.1, 0.15) is 40.5 Å². The third-order valence-electron chi connectivity index (χ3n) is 5.27. The number of thioether (sulfide) groups is 1. The van der Waals surface area contributed by atoms with Crippen molar-refractivity contribution < 1.29 is 13.6 Å². The van der Waals surface area contributed by atoms with Gasteiger partial charge in [-0.05, 0) is 61.4 Å². The molecule has 168 valence electrons. The summed E-state index contributed by atoms with van der Waals surface area (Å²) in [5.41, 5.74) is 0.547. The largest absolute Gasteiger partial charge is 0.301 e. The number of benzene rings is 2. The van der Waals surface area contributed by atoms with E-state index in [0.717, 1.165) is 0 Å². The fourth-order valence-corrected chi connectivity index (χ4v) is 4.69. The van der Waals surface area contributed by atoms with Gasteiger partial charge in [-0.15, -0.1) is 0 Å². The Hall–Kier alpha value is -3.03. The van der Waals surface area contributed by atoms with Gasteiger partial charge in [0.1, 0.15) is 11.6 Å². The number of rotatable bonds is 4. The summed E-state index contributed by atoms with van der Waals surface area (Å²) in [7, 11) is 0. The van der Waals surface area contributed by atoms with Crippen molar-refractivity contribution in [2.75, 3.05) is 5.75 Å². The molecule has 0 bridgehead atoms. The number of nitrogens with zero attached hydrogens (tertiary/aromatic N) is 2. The Morgan fingerprint density at radius 1 is 1.18 bits per heavy atom. The van der Waals surface area contributed by atoms with Crippen LogP contribution in [0.15, 0.2) is 71.9 Å². The van der Waals surface area contributed by atoms with Crippen molar-refractivity contribution in [3.63, 3.8) is 0 Å². The first-order valence-electron chi connectivity index (χ1n) is 10.2. The molecular formula is C25H20ClF2N3OS.